The van der Waals surface area contributed by atoms with E-state index >= 15 is 0 Å². The van der Waals surface area contributed by atoms with Crippen molar-refractivity contribution in [1.82, 2.24) is 10.2 Å². The second kappa shape index (κ2) is 9.29. The van der Waals surface area contributed by atoms with Crippen molar-refractivity contribution in [2.45, 2.75) is 4.34 Å². The Morgan fingerprint density at radius 2 is 1.93 bits per heavy atom. The number of esters is 1. The summed E-state index contributed by atoms with van der Waals surface area (Å²) in [5.74, 6) is -0.951. The van der Waals surface area contributed by atoms with Gasteiger partial charge in [0, 0.05) is 11.4 Å². The molecule has 0 saturated heterocycles. The van der Waals surface area contributed by atoms with Crippen molar-refractivity contribution in [2.24, 2.45) is 0 Å². The van der Waals surface area contributed by atoms with Gasteiger partial charge in [-0.3, -0.25) is 4.79 Å². The van der Waals surface area contributed by atoms with Gasteiger partial charge in [-0.25, -0.2) is 9.18 Å². The van der Waals surface area contributed by atoms with Crippen LogP contribution in [0, 0.1) is 5.82 Å². The predicted molar refractivity (Wildman–Crippen MR) is 107 cm³/mol. The normalized spacial score (nSPS) is 10.4. The van der Waals surface area contributed by atoms with Crippen LogP contribution in [-0.4, -0.2) is 34.9 Å². The van der Waals surface area contributed by atoms with Crippen LogP contribution in [0.5, 0.6) is 0 Å². The van der Waals surface area contributed by atoms with E-state index in [0.717, 1.165) is 0 Å². The maximum absolute atomic E-state index is 13.2. The molecule has 10 heteroatoms. The SMILES string of the molecule is COC(=O)c1cccc(NC(=O)CSc2nnc(Nc3cccc(F)c3)s2)c1. The molecule has 1 amide bonds. The average molecular weight is 418 g/mol. The number of anilines is 3. The monoisotopic (exact) mass is 418 g/mol. The fourth-order valence-corrected chi connectivity index (χ4v) is 3.75. The molecule has 7 nitrogen and oxygen atoms in total. The number of hydrogen-bond acceptors (Lipinski definition) is 8. The van der Waals surface area contributed by atoms with Crippen LogP contribution < -0.4 is 10.6 Å². The Labute approximate surface area is 168 Å². The summed E-state index contributed by atoms with van der Waals surface area (Å²) in [5, 5.41) is 14.1. The number of amides is 1. The Morgan fingerprint density at radius 3 is 2.71 bits per heavy atom. The quantitative estimate of drug-likeness (QED) is 0.443. The first-order valence-corrected chi connectivity index (χ1v) is 9.81. The van der Waals surface area contributed by atoms with E-state index in [9.17, 15) is 14.0 Å². The van der Waals surface area contributed by atoms with Crippen molar-refractivity contribution in [3.63, 3.8) is 0 Å². The number of aromatic nitrogens is 2. The third-order valence-corrected chi connectivity index (χ3v) is 5.35. The second-order valence-corrected chi connectivity index (χ2v) is 7.62. The molecule has 3 rings (SSSR count). The van der Waals surface area contributed by atoms with Gasteiger partial charge in [-0.05, 0) is 36.4 Å². The third kappa shape index (κ3) is 5.51. The number of benzene rings is 2. The molecular weight excluding hydrogens is 403 g/mol. The molecule has 0 aliphatic rings. The number of methoxy groups -OCH3 is 1. The lowest BCUT2D eigenvalue weighted by atomic mass is 10.2. The minimum atomic E-state index is -0.474. The van der Waals surface area contributed by atoms with Crippen LogP contribution in [0.4, 0.5) is 20.9 Å². The van der Waals surface area contributed by atoms with Gasteiger partial charge < -0.3 is 15.4 Å². The number of carbonyl (C=O) groups is 2. The van der Waals surface area contributed by atoms with Gasteiger partial charge in [0.05, 0.1) is 18.4 Å². The molecule has 0 bridgehead atoms. The van der Waals surface area contributed by atoms with Crippen molar-refractivity contribution in [3.8, 4) is 0 Å². The van der Waals surface area contributed by atoms with Crippen LogP contribution in [-0.2, 0) is 9.53 Å². The highest BCUT2D eigenvalue weighted by molar-refractivity contribution is 8.01. The van der Waals surface area contributed by atoms with Crippen molar-refractivity contribution in [1.29, 1.82) is 0 Å². The summed E-state index contributed by atoms with van der Waals surface area (Å²) in [6.07, 6.45) is 0. The van der Waals surface area contributed by atoms with E-state index < -0.39 is 5.97 Å². The number of thioether (sulfide) groups is 1. The topological polar surface area (TPSA) is 93.2 Å². The summed E-state index contributed by atoms with van der Waals surface area (Å²) in [4.78, 5) is 23.7. The summed E-state index contributed by atoms with van der Waals surface area (Å²) in [6.45, 7) is 0. The first-order valence-electron chi connectivity index (χ1n) is 8.00. The lowest BCUT2D eigenvalue weighted by Crippen LogP contribution is -2.14. The fraction of sp³-hybridized carbons (Fsp3) is 0.111. The van der Waals surface area contributed by atoms with E-state index in [4.69, 9.17) is 0 Å². The fourth-order valence-electron chi connectivity index (χ4n) is 2.17. The molecule has 0 aliphatic carbocycles. The van der Waals surface area contributed by atoms with E-state index in [1.165, 1.54) is 42.3 Å². The number of ether oxygens (including phenoxy) is 1. The molecule has 144 valence electrons. The third-order valence-electron chi connectivity index (χ3n) is 3.38. The van der Waals surface area contributed by atoms with Gasteiger partial charge in [0.2, 0.25) is 11.0 Å². The highest BCUT2D eigenvalue weighted by Gasteiger charge is 2.11. The highest BCUT2D eigenvalue weighted by atomic mass is 32.2. The van der Waals surface area contributed by atoms with Crippen LogP contribution in [0.3, 0.4) is 0 Å². The first kappa shape index (κ1) is 19.8. The molecular formula is C18H15FN4O3S2. The molecule has 0 atom stereocenters. The molecule has 1 heterocycles. The van der Waals surface area contributed by atoms with Gasteiger partial charge in [0.25, 0.3) is 0 Å². The van der Waals surface area contributed by atoms with E-state index in [2.05, 4.69) is 25.6 Å². The Balaban J connectivity index is 1.52. The van der Waals surface area contributed by atoms with Gasteiger partial charge in [-0.1, -0.05) is 35.2 Å². The molecule has 0 unspecified atom stereocenters. The van der Waals surface area contributed by atoms with Crippen LogP contribution in [0.25, 0.3) is 0 Å². The molecule has 0 fully saturated rings. The molecule has 28 heavy (non-hydrogen) atoms. The summed E-state index contributed by atoms with van der Waals surface area (Å²) in [6, 6.07) is 12.5. The van der Waals surface area contributed by atoms with E-state index in [0.29, 0.717) is 26.4 Å². The Bertz CT molecular complexity index is 996. The van der Waals surface area contributed by atoms with E-state index in [1.807, 2.05) is 0 Å². The van der Waals surface area contributed by atoms with E-state index in [-0.39, 0.29) is 17.5 Å². The van der Waals surface area contributed by atoms with Gasteiger partial charge in [0.15, 0.2) is 4.34 Å². The highest BCUT2D eigenvalue weighted by Crippen LogP contribution is 2.28. The molecule has 0 saturated carbocycles. The minimum absolute atomic E-state index is 0.122. The number of carbonyl (C=O) groups excluding carboxylic acids is 2. The summed E-state index contributed by atoms with van der Waals surface area (Å²) in [7, 11) is 1.30. The van der Waals surface area contributed by atoms with Crippen molar-refractivity contribution in [2.75, 3.05) is 23.5 Å². The van der Waals surface area contributed by atoms with Gasteiger partial charge in [-0.15, -0.1) is 10.2 Å². The molecule has 2 N–H and O–H groups in total. The molecule has 3 aromatic rings. The minimum Gasteiger partial charge on any atom is -0.465 e. The maximum atomic E-state index is 13.2. The number of halogens is 1. The number of rotatable bonds is 7. The van der Waals surface area contributed by atoms with Gasteiger partial charge in [-0.2, -0.15) is 0 Å². The van der Waals surface area contributed by atoms with Gasteiger partial charge in [0.1, 0.15) is 5.82 Å². The summed E-state index contributed by atoms with van der Waals surface area (Å²) in [5.41, 5.74) is 1.42. The summed E-state index contributed by atoms with van der Waals surface area (Å²) >= 11 is 2.48. The second-order valence-electron chi connectivity index (χ2n) is 5.42. The molecule has 1 aromatic heterocycles. The van der Waals surface area contributed by atoms with Crippen molar-refractivity contribution in [3.05, 3.63) is 59.9 Å². The maximum Gasteiger partial charge on any atom is 0.337 e. The molecule has 0 spiro atoms. The van der Waals surface area contributed by atoms with Crippen molar-refractivity contribution >= 4 is 51.5 Å². The number of nitrogens with one attached hydrogen (secondary N) is 2. The smallest absolute Gasteiger partial charge is 0.337 e. The Hall–Kier alpha value is -2.98. The van der Waals surface area contributed by atoms with Crippen LogP contribution in [0.1, 0.15) is 10.4 Å². The van der Waals surface area contributed by atoms with Crippen LogP contribution in [0.15, 0.2) is 52.9 Å². The lowest BCUT2D eigenvalue weighted by Gasteiger charge is -2.06. The zero-order chi connectivity index (χ0) is 19.9. The zero-order valence-corrected chi connectivity index (χ0v) is 16.3. The molecule has 2 aromatic carbocycles. The molecule has 0 aliphatic heterocycles. The first-order chi connectivity index (χ1) is 13.5. The zero-order valence-electron chi connectivity index (χ0n) is 14.6. The average Bonchev–Trinajstić information content (AvgIpc) is 3.13. The van der Waals surface area contributed by atoms with Crippen LogP contribution in [0.2, 0.25) is 0 Å². The summed E-state index contributed by atoms with van der Waals surface area (Å²) < 4.78 is 18.5. The number of nitrogens with zero attached hydrogens (tertiary/aromatic N) is 2. The lowest BCUT2D eigenvalue weighted by molar-refractivity contribution is -0.113. The van der Waals surface area contributed by atoms with E-state index in [1.54, 1.807) is 36.4 Å². The predicted octanol–water partition coefficient (Wildman–Crippen LogP) is 3.94. The van der Waals surface area contributed by atoms with Crippen molar-refractivity contribution < 1.29 is 18.7 Å². The van der Waals surface area contributed by atoms with Gasteiger partial charge >= 0.3 is 5.97 Å². The molecule has 0 radical (unpaired) electrons. The number of hydrogen-bond donors (Lipinski definition) is 2. The Morgan fingerprint density at radius 1 is 1.14 bits per heavy atom. The Kier molecular flexibility index (Phi) is 6.56. The largest absolute Gasteiger partial charge is 0.465 e. The standard InChI is InChI=1S/C18H15FN4O3S2/c1-26-16(25)11-4-2-6-13(8-11)20-15(24)10-27-18-23-22-17(28-18)21-14-7-3-5-12(19)9-14/h2-9H,10H2,1H3,(H,20,24)(H,21,22). The van der Waals surface area contributed by atoms with Crippen LogP contribution >= 0.6 is 23.1 Å².